The highest BCUT2D eigenvalue weighted by Gasteiger charge is 2.07. The van der Waals surface area contributed by atoms with Crippen LogP contribution in [0.2, 0.25) is 0 Å². The number of pyridine rings is 1. The van der Waals surface area contributed by atoms with Crippen molar-refractivity contribution in [3.63, 3.8) is 0 Å². The number of hydrogen-bond donors (Lipinski definition) is 2. The zero-order chi connectivity index (χ0) is 21.6. The van der Waals surface area contributed by atoms with Crippen molar-refractivity contribution in [2.75, 3.05) is 26.3 Å². The van der Waals surface area contributed by atoms with Gasteiger partial charge in [-0.15, -0.1) is 0 Å². The Labute approximate surface area is 175 Å². The summed E-state index contributed by atoms with van der Waals surface area (Å²) in [6, 6.07) is 10.9. The third kappa shape index (κ3) is 9.01. The lowest BCUT2D eigenvalue weighted by Gasteiger charge is -2.09. The number of rotatable bonds is 11. The molecule has 8 nitrogen and oxygen atoms in total. The topological polar surface area (TPSA) is 107 Å². The van der Waals surface area contributed by atoms with Crippen molar-refractivity contribution >= 4 is 23.9 Å². The number of nitrogens with one attached hydrogen (secondary N) is 2. The SMILES string of the molecule is CCOC(=O)CNC(=O)COc1cccc(CCNC(=O)/C=C/c2cccnc2)c1. The minimum atomic E-state index is -0.495. The standard InChI is InChI=1S/C22H25N3O5/c1-2-29-22(28)15-25-21(27)16-30-19-7-3-5-17(13-19)10-12-24-20(26)9-8-18-6-4-11-23-14-18/h3-9,11,13-14H,2,10,12,15-16H2,1H3,(H,24,26)(H,25,27)/b9-8+. The van der Waals surface area contributed by atoms with Crippen molar-refractivity contribution < 1.29 is 23.9 Å². The molecule has 2 amide bonds. The molecular formula is C22H25N3O5. The first kappa shape index (κ1) is 22.6. The van der Waals surface area contributed by atoms with E-state index < -0.39 is 11.9 Å². The molecule has 158 valence electrons. The monoisotopic (exact) mass is 411 g/mol. The number of carbonyl (C=O) groups is 3. The second-order valence-corrected chi connectivity index (χ2v) is 6.18. The summed E-state index contributed by atoms with van der Waals surface area (Å²) in [5, 5.41) is 5.24. The zero-order valence-electron chi connectivity index (χ0n) is 16.8. The number of aromatic nitrogens is 1. The van der Waals surface area contributed by atoms with Gasteiger partial charge in [-0.3, -0.25) is 19.4 Å². The van der Waals surface area contributed by atoms with E-state index in [1.807, 2.05) is 18.2 Å². The second kappa shape index (κ2) is 12.7. The van der Waals surface area contributed by atoms with Crippen molar-refractivity contribution in [1.82, 2.24) is 15.6 Å². The molecular weight excluding hydrogens is 386 g/mol. The number of amides is 2. The Kier molecular flexibility index (Phi) is 9.58. The summed E-state index contributed by atoms with van der Waals surface area (Å²) in [6.07, 6.45) is 7.12. The highest BCUT2D eigenvalue weighted by molar-refractivity contribution is 5.91. The molecule has 0 radical (unpaired) electrons. The molecule has 0 aliphatic heterocycles. The molecule has 0 fully saturated rings. The van der Waals surface area contributed by atoms with Crippen LogP contribution in [-0.4, -0.2) is 49.1 Å². The third-order valence-corrected chi connectivity index (χ3v) is 3.83. The molecule has 8 heteroatoms. The molecule has 0 bridgehead atoms. The molecule has 1 aromatic carbocycles. The molecule has 0 unspecified atom stereocenters. The van der Waals surface area contributed by atoms with Crippen LogP contribution in [-0.2, 0) is 25.5 Å². The lowest BCUT2D eigenvalue weighted by atomic mass is 10.1. The Hall–Kier alpha value is -3.68. The Morgan fingerprint density at radius 1 is 1.13 bits per heavy atom. The van der Waals surface area contributed by atoms with Gasteiger partial charge in [-0.25, -0.2) is 0 Å². The Balaban J connectivity index is 1.70. The minimum absolute atomic E-state index is 0.189. The van der Waals surface area contributed by atoms with E-state index in [2.05, 4.69) is 15.6 Å². The Morgan fingerprint density at radius 2 is 2.00 bits per heavy atom. The number of carbonyl (C=O) groups excluding carboxylic acids is 3. The van der Waals surface area contributed by atoms with Crippen LogP contribution >= 0.6 is 0 Å². The molecule has 0 aliphatic carbocycles. The number of ether oxygens (including phenoxy) is 2. The fourth-order valence-electron chi connectivity index (χ4n) is 2.41. The van der Waals surface area contributed by atoms with Crippen molar-refractivity contribution in [1.29, 1.82) is 0 Å². The van der Waals surface area contributed by atoms with Crippen LogP contribution in [0.1, 0.15) is 18.1 Å². The molecule has 0 saturated carbocycles. The van der Waals surface area contributed by atoms with Crippen molar-refractivity contribution in [2.45, 2.75) is 13.3 Å². The summed E-state index contributed by atoms with van der Waals surface area (Å²) >= 11 is 0. The molecule has 0 spiro atoms. The van der Waals surface area contributed by atoms with Crippen molar-refractivity contribution in [3.8, 4) is 5.75 Å². The van der Waals surface area contributed by atoms with Gasteiger partial charge in [0, 0.05) is 25.0 Å². The first-order chi connectivity index (χ1) is 14.6. The Bertz CT molecular complexity index is 868. The summed E-state index contributed by atoms with van der Waals surface area (Å²) in [5.74, 6) is -0.572. The normalized spacial score (nSPS) is 10.4. The van der Waals surface area contributed by atoms with Crippen LogP contribution in [0, 0.1) is 0 Å². The van der Waals surface area contributed by atoms with Crippen LogP contribution in [0.5, 0.6) is 5.75 Å². The smallest absolute Gasteiger partial charge is 0.325 e. The Morgan fingerprint density at radius 3 is 2.77 bits per heavy atom. The van der Waals surface area contributed by atoms with E-state index in [-0.39, 0.29) is 25.7 Å². The van der Waals surface area contributed by atoms with E-state index in [1.165, 1.54) is 6.08 Å². The van der Waals surface area contributed by atoms with Gasteiger partial charge in [0.25, 0.3) is 5.91 Å². The van der Waals surface area contributed by atoms with Gasteiger partial charge in [-0.1, -0.05) is 18.2 Å². The first-order valence-electron chi connectivity index (χ1n) is 9.57. The number of benzene rings is 1. The van der Waals surface area contributed by atoms with Gasteiger partial charge in [0.05, 0.1) is 6.61 Å². The minimum Gasteiger partial charge on any atom is -0.484 e. The highest BCUT2D eigenvalue weighted by atomic mass is 16.5. The van der Waals surface area contributed by atoms with Gasteiger partial charge >= 0.3 is 5.97 Å². The average Bonchev–Trinajstić information content (AvgIpc) is 2.76. The molecule has 0 aliphatic rings. The van der Waals surface area contributed by atoms with Gasteiger partial charge < -0.3 is 20.1 Å². The summed E-state index contributed by atoms with van der Waals surface area (Å²) in [5.41, 5.74) is 1.81. The van der Waals surface area contributed by atoms with Gasteiger partial charge in [0.15, 0.2) is 6.61 Å². The van der Waals surface area contributed by atoms with E-state index in [1.54, 1.807) is 43.6 Å². The predicted octanol–water partition coefficient (Wildman–Crippen LogP) is 1.51. The number of nitrogens with zero attached hydrogens (tertiary/aromatic N) is 1. The first-order valence-corrected chi connectivity index (χ1v) is 9.57. The molecule has 30 heavy (non-hydrogen) atoms. The maximum absolute atomic E-state index is 11.9. The van der Waals surface area contributed by atoms with Crippen LogP contribution in [0.25, 0.3) is 6.08 Å². The average molecular weight is 411 g/mol. The van der Waals surface area contributed by atoms with Gasteiger partial charge in [-0.2, -0.15) is 0 Å². The van der Waals surface area contributed by atoms with E-state index in [9.17, 15) is 14.4 Å². The largest absolute Gasteiger partial charge is 0.484 e. The van der Waals surface area contributed by atoms with Gasteiger partial charge in [-0.05, 0) is 48.7 Å². The molecule has 2 rings (SSSR count). The summed E-state index contributed by atoms with van der Waals surface area (Å²) in [4.78, 5) is 38.8. The fourth-order valence-corrected chi connectivity index (χ4v) is 2.41. The molecule has 2 aromatic rings. The van der Waals surface area contributed by atoms with Gasteiger partial charge in [0.2, 0.25) is 5.91 Å². The quantitative estimate of drug-likeness (QED) is 0.429. The van der Waals surface area contributed by atoms with Crippen LogP contribution in [0.15, 0.2) is 54.9 Å². The van der Waals surface area contributed by atoms with E-state index in [4.69, 9.17) is 9.47 Å². The summed E-state index contributed by atoms with van der Waals surface area (Å²) in [6.45, 7) is 2.02. The third-order valence-electron chi connectivity index (χ3n) is 3.83. The molecule has 2 N–H and O–H groups in total. The van der Waals surface area contributed by atoms with Crippen molar-refractivity contribution in [3.05, 3.63) is 66.0 Å². The second-order valence-electron chi connectivity index (χ2n) is 6.18. The molecule has 1 aromatic heterocycles. The van der Waals surface area contributed by atoms with E-state index in [0.29, 0.717) is 18.7 Å². The van der Waals surface area contributed by atoms with Crippen LogP contribution < -0.4 is 15.4 Å². The van der Waals surface area contributed by atoms with E-state index >= 15 is 0 Å². The highest BCUT2D eigenvalue weighted by Crippen LogP contribution is 2.13. The zero-order valence-corrected chi connectivity index (χ0v) is 16.8. The maximum Gasteiger partial charge on any atom is 0.325 e. The van der Waals surface area contributed by atoms with Gasteiger partial charge in [0.1, 0.15) is 12.3 Å². The number of hydrogen-bond acceptors (Lipinski definition) is 6. The predicted molar refractivity (Wildman–Crippen MR) is 112 cm³/mol. The molecule has 0 saturated heterocycles. The van der Waals surface area contributed by atoms with Crippen LogP contribution in [0.3, 0.4) is 0 Å². The molecule has 0 atom stereocenters. The fraction of sp³-hybridized carbons (Fsp3) is 0.273. The molecule has 1 heterocycles. The van der Waals surface area contributed by atoms with Crippen LogP contribution in [0.4, 0.5) is 0 Å². The summed E-state index contributed by atoms with van der Waals surface area (Å²) < 4.78 is 10.2. The number of esters is 1. The maximum atomic E-state index is 11.9. The van der Waals surface area contributed by atoms with E-state index in [0.717, 1.165) is 11.1 Å². The van der Waals surface area contributed by atoms with Crippen molar-refractivity contribution in [2.24, 2.45) is 0 Å². The lowest BCUT2D eigenvalue weighted by molar-refractivity contribution is -0.143. The summed E-state index contributed by atoms with van der Waals surface area (Å²) in [7, 11) is 0. The lowest BCUT2D eigenvalue weighted by Crippen LogP contribution is -2.34.